The first-order chi connectivity index (χ1) is 13.0. The first-order valence-electron chi connectivity index (χ1n) is 8.38. The predicted molar refractivity (Wildman–Crippen MR) is 94.5 cm³/mol. The molecular weight excluding hydrogens is 421 g/mol. The first-order valence-corrected chi connectivity index (χ1v) is 10.3. The molecule has 1 aliphatic carbocycles. The number of hydrogen-bond acceptors (Lipinski definition) is 5. The van der Waals surface area contributed by atoms with Crippen molar-refractivity contribution in [3.63, 3.8) is 0 Å². The molecule has 28 heavy (non-hydrogen) atoms. The Balaban J connectivity index is 2.14. The number of sulfone groups is 1. The molecule has 1 fully saturated rings. The Morgan fingerprint density at radius 3 is 2.68 bits per heavy atom. The summed E-state index contributed by atoms with van der Waals surface area (Å²) >= 11 is 6.00. The van der Waals surface area contributed by atoms with Crippen molar-refractivity contribution >= 4 is 27.3 Å². The van der Waals surface area contributed by atoms with E-state index in [0.29, 0.717) is 6.42 Å². The summed E-state index contributed by atoms with van der Waals surface area (Å²) in [4.78, 5) is 11.7. The van der Waals surface area contributed by atoms with E-state index in [9.17, 15) is 26.4 Å². The molecule has 3 atom stereocenters. The number of ether oxygens (including phenoxy) is 1. The molecule has 0 aliphatic heterocycles. The molecule has 0 radical (unpaired) electrons. The van der Waals surface area contributed by atoms with Crippen LogP contribution < -0.4 is 10.1 Å². The largest absolute Gasteiger partial charge is 0.481 e. The van der Waals surface area contributed by atoms with Crippen LogP contribution in [0.1, 0.15) is 26.2 Å². The molecule has 0 saturated heterocycles. The summed E-state index contributed by atoms with van der Waals surface area (Å²) < 4.78 is 68.2. The number of carbonyl (C=O) groups excluding carboxylic acids is 1. The number of nitrogens with one attached hydrogen (secondary N) is 1. The minimum Gasteiger partial charge on any atom is -0.481 e. The zero-order valence-electron chi connectivity index (χ0n) is 14.8. The van der Waals surface area contributed by atoms with Crippen molar-refractivity contribution in [3.8, 4) is 11.8 Å². The SMILES string of the molecule is CC(Oc1ccc(S(=O)(=O)C2CC[C@@H](C(=O)NCC#N)C2)c(Cl)c1)C(F)(F)F. The number of alkyl halides is 3. The maximum Gasteiger partial charge on any atom is 0.425 e. The summed E-state index contributed by atoms with van der Waals surface area (Å²) in [5.74, 6) is -1.11. The summed E-state index contributed by atoms with van der Waals surface area (Å²) in [6.07, 6.45) is -5.97. The number of benzene rings is 1. The molecule has 6 nitrogen and oxygen atoms in total. The van der Waals surface area contributed by atoms with Gasteiger partial charge in [-0.15, -0.1) is 0 Å². The van der Waals surface area contributed by atoms with Crippen LogP contribution in [0.5, 0.6) is 5.75 Å². The van der Waals surface area contributed by atoms with Crippen LogP contribution in [0.4, 0.5) is 13.2 Å². The van der Waals surface area contributed by atoms with E-state index >= 15 is 0 Å². The zero-order chi connectivity index (χ0) is 21.1. The highest BCUT2D eigenvalue weighted by Gasteiger charge is 2.40. The highest BCUT2D eigenvalue weighted by atomic mass is 35.5. The lowest BCUT2D eigenvalue weighted by Crippen LogP contribution is -2.31. The minimum absolute atomic E-state index is 0.0826. The summed E-state index contributed by atoms with van der Waals surface area (Å²) in [5, 5.41) is 9.81. The highest BCUT2D eigenvalue weighted by Crippen LogP contribution is 2.37. The van der Waals surface area contributed by atoms with Gasteiger partial charge in [-0.3, -0.25) is 4.79 Å². The fourth-order valence-electron chi connectivity index (χ4n) is 2.97. The van der Waals surface area contributed by atoms with Crippen LogP contribution in [0, 0.1) is 17.2 Å². The van der Waals surface area contributed by atoms with Gasteiger partial charge < -0.3 is 10.1 Å². The van der Waals surface area contributed by atoms with Gasteiger partial charge in [-0.05, 0) is 38.3 Å². The number of carbonyl (C=O) groups is 1. The van der Waals surface area contributed by atoms with Crippen LogP contribution in [0.2, 0.25) is 5.02 Å². The molecule has 0 heterocycles. The van der Waals surface area contributed by atoms with Crippen LogP contribution in [0.3, 0.4) is 0 Å². The molecule has 0 aromatic heterocycles. The zero-order valence-corrected chi connectivity index (χ0v) is 16.4. The normalized spacial score (nSPS) is 21.0. The van der Waals surface area contributed by atoms with E-state index in [1.807, 2.05) is 0 Å². The van der Waals surface area contributed by atoms with Crippen molar-refractivity contribution in [2.24, 2.45) is 5.92 Å². The Kier molecular flexibility index (Phi) is 6.83. The van der Waals surface area contributed by atoms with E-state index in [1.165, 1.54) is 0 Å². The lowest BCUT2D eigenvalue weighted by Gasteiger charge is -2.19. The second-order valence-electron chi connectivity index (χ2n) is 6.45. The van der Waals surface area contributed by atoms with Crippen LogP contribution in [-0.4, -0.2) is 38.4 Å². The molecule has 0 bridgehead atoms. The van der Waals surface area contributed by atoms with E-state index < -0.39 is 33.3 Å². The minimum atomic E-state index is -4.57. The predicted octanol–water partition coefficient (Wildman–Crippen LogP) is 3.25. The van der Waals surface area contributed by atoms with Crippen molar-refractivity contribution < 1.29 is 31.1 Å². The quantitative estimate of drug-likeness (QED) is 0.688. The Labute approximate surface area is 165 Å². The molecule has 154 valence electrons. The van der Waals surface area contributed by atoms with E-state index in [2.05, 4.69) is 5.32 Å². The molecule has 1 saturated carbocycles. The molecule has 1 amide bonds. The fraction of sp³-hybridized carbons (Fsp3) is 0.529. The maximum absolute atomic E-state index is 12.8. The Hall–Kier alpha value is -1.99. The number of hydrogen-bond donors (Lipinski definition) is 1. The molecule has 2 rings (SSSR count). The molecule has 1 aromatic carbocycles. The molecule has 11 heteroatoms. The van der Waals surface area contributed by atoms with Crippen molar-refractivity contribution in [2.75, 3.05) is 6.54 Å². The van der Waals surface area contributed by atoms with Gasteiger partial charge in [-0.1, -0.05) is 11.6 Å². The van der Waals surface area contributed by atoms with Gasteiger partial charge in [0.2, 0.25) is 5.91 Å². The number of amides is 1. The van der Waals surface area contributed by atoms with Gasteiger partial charge in [0.15, 0.2) is 15.9 Å². The number of nitriles is 1. The lowest BCUT2D eigenvalue weighted by molar-refractivity contribution is -0.189. The fourth-order valence-corrected chi connectivity index (χ4v) is 5.34. The monoisotopic (exact) mass is 438 g/mol. The average molecular weight is 439 g/mol. The summed E-state index contributed by atoms with van der Waals surface area (Å²) in [5.41, 5.74) is 0. The van der Waals surface area contributed by atoms with Gasteiger partial charge in [0.05, 0.1) is 21.2 Å². The standard InChI is InChI=1S/C17H18ClF3N2O4S/c1-10(17(19,20)21)27-12-3-5-15(14(18)9-12)28(25,26)13-4-2-11(8-13)16(24)23-7-6-22/h3,5,9-11,13H,2,4,7-8H2,1H3,(H,23,24)/t10?,11-,13?/m1/s1. The molecule has 1 N–H and O–H groups in total. The van der Waals surface area contributed by atoms with E-state index in [4.69, 9.17) is 21.6 Å². The van der Waals surface area contributed by atoms with Crippen LogP contribution in [0.25, 0.3) is 0 Å². The van der Waals surface area contributed by atoms with Crippen LogP contribution in [-0.2, 0) is 14.6 Å². The van der Waals surface area contributed by atoms with Crippen molar-refractivity contribution in [1.29, 1.82) is 5.26 Å². The molecule has 1 aromatic rings. The van der Waals surface area contributed by atoms with Crippen molar-refractivity contribution in [2.45, 2.75) is 48.6 Å². The number of rotatable bonds is 6. The van der Waals surface area contributed by atoms with Gasteiger partial charge in [-0.2, -0.15) is 18.4 Å². The Morgan fingerprint density at radius 2 is 2.11 bits per heavy atom. The van der Waals surface area contributed by atoms with Gasteiger partial charge in [0, 0.05) is 12.0 Å². The second-order valence-corrected chi connectivity index (χ2v) is 9.05. The van der Waals surface area contributed by atoms with Gasteiger partial charge >= 0.3 is 6.18 Å². The lowest BCUT2D eigenvalue weighted by atomic mass is 10.1. The van der Waals surface area contributed by atoms with E-state index in [0.717, 1.165) is 25.1 Å². The van der Waals surface area contributed by atoms with Crippen LogP contribution in [0.15, 0.2) is 23.1 Å². The second kappa shape index (κ2) is 8.57. The maximum atomic E-state index is 12.8. The highest BCUT2D eigenvalue weighted by molar-refractivity contribution is 7.92. The smallest absolute Gasteiger partial charge is 0.425 e. The molecule has 0 spiro atoms. The first kappa shape index (κ1) is 22.3. The molecule has 2 unspecified atom stereocenters. The third-order valence-corrected chi connectivity index (χ3v) is 7.22. The average Bonchev–Trinajstić information content (AvgIpc) is 3.09. The Morgan fingerprint density at radius 1 is 1.43 bits per heavy atom. The van der Waals surface area contributed by atoms with Crippen LogP contribution >= 0.6 is 11.6 Å². The summed E-state index contributed by atoms with van der Waals surface area (Å²) in [6, 6.07) is 5.03. The summed E-state index contributed by atoms with van der Waals surface area (Å²) in [6.45, 7) is 0.672. The summed E-state index contributed by atoms with van der Waals surface area (Å²) in [7, 11) is -3.88. The van der Waals surface area contributed by atoms with Crippen molar-refractivity contribution in [1.82, 2.24) is 5.32 Å². The third-order valence-electron chi connectivity index (χ3n) is 4.52. The number of halogens is 4. The Bertz CT molecular complexity index is 883. The van der Waals surface area contributed by atoms with Gasteiger partial charge in [-0.25, -0.2) is 8.42 Å². The van der Waals surface area contributed by atoms with Gasteiger partial charge in [0.1, 0.15) is 12.3 Å². The molecule has 1 aliphatic rings. The number of nitrogens with zero attached hydrogens (tertiary/aromatic N) is 1. The van der Waals surface area contributed by atoms with E-state index in [-0.39, 0.29) is 41.0 Å². The topological polar surface area (TPSA) is 96.3 Å². The third kappa shape index (κ3) is 5.08. The molecular formula is C17H18ClF3N2O4S. The van der Waals surface area contributed by atoms with Gasteiger partial charge in [0.25, 0.3) is 0 Å². The van der Waals surface area contributed by atoms with E-state index in [1.54, 1.807) is 6.07 Å². The van der Waals surface area contributed by atoms with Crippen molar-refractivity contribution in [3.05, 3.63) is 23.2 Å².